The molecule has 0 aromatic heterocycles. The Bertz CT molecular complexity index is 210. The summed E-state index contributed by atoms with van der Waals surface area (Å²) in [6.07, 6.45) is 4.10. The van der Waals surface area contributed by atoms with Crippen LogP contribution in [0.4, 0.5) is 0 Å². The molecule has 3 atom stereocenters. The number of piperidine rings is 1. The molecule has 0 amide bonds. The molecular formula is C12H23BrN2. The van der Waals surface area contributed by atoms with Crippen LogP contribution in [0.25, 0.3) is 0 Å². The van der Waals surface area contributed by atoms with E-state index in [1.807, 2.05) is 0 Å². The van der Waals surface area contributed by atoms with Crippen molar-refractivity contribution in [1.29, 1.82) is 0 Å². The minimum absolute atomic E-state index is 0.729. The molecule has 2 heterocycles. The Kier molecular flexibility index (Phi) is 4.08. The van der Waals surface area contributed by atoms with Crippen LogP contribution in [0.5, 0.6) is 0 Å². The summed E-state index contributed by atoms with van der Waals surface area (Å²) in [6, 6.07) is 0.796. The van der Waals surface area contributed by atoms with Crippen LogP contribution < -0.4 is 0 Å². The molecule has 0 aromatic rings. The lowest BCUT2D eigenvalue weighted by atomic mass is 10.0. The molecule has 0 aromatic carbocycles. The van der Waals surface area contributed by atoms with Crippen molar-refractivity contribution in [3.63, 3.8) is 0 Å². The molecule has 3 heteroatoms. The number of alkyl halides is 1. The van der Waals surface area contributed by atoms with Gasteiger partial charge in [0, 0.05) is 30.5 Å². The lowest BCUT2D eigenvalue weighted by Crippen LogP contribution is -2.44. The highest BCUT2D eigenvalue weighted by molar-refractivity contribution is 9.09. The number of halogens is 1. The third-order valence-corrected chi connectivity index (χ3v) is 4.68. The molecule has 2 aliphatic rings. The summed E-state index contributed by atoms with van der Waals surface area (Å²) >= 11 is 3.77. The van der Waals surface area contributed by atoms with Crippen LogP contribution in [0.3, 0.4) is 0 Å². The molecular weight excluding hydrogens is 252 g/mol. The second-order valence-electron chi connectivity index (χ2n) is 5.39. The van der Waals surface area contributed by atoms with Gasteiger partial charge in [0.1, 0.15) is 0 Å². The highest BCUT2D eigenvalue weighted by Crippen LogP contribution is 2.25. The summed E-state index contributed by atoms with van der Waals surface area (Å²) in [4.78, 5) is 5.88. The maximum atomic E-state index is 3.77. The second kappa shape index (κ2) is 5.15. The highest BCUT2D eigenvalue weighted by Gasteiger charge is 2.28. The minimum Gasteiger partial charge on any atom is -0.306 e. The predicted molar refractivity (Wildman–Crippen MR) is 68.6 cm³/mol. The summed E-state index contributed by atoms with van der Waals surface area (Å²) in [6.45, 7) is 7.55. The Morgan fingerprint density at radius 3 is 2.67 bits per heavy atom. The van der Waals surface area contributed by atoms with Crippen molar-refractivity contribution < 1.29 is 0 Å². The van der Waals surface area contributed by atoms with Gasteiger partial charge >= 0.3 is 0 Å². The molecule has 15 heavy (non-hydrogen) atoms. The van der Waals surface area contributed by atoms with E-state index in [-0.39, 0.29) is 0 Å². The number of hydrogen-bond donors (Lipinski definition) is 0. The Morgan fingerprint density at radius 2 is 2.00 bits per heavy atom. The van der Waals surface area contributed by atoms with E-state index in [1.165, 1.54) is 45.4 Å². The monoisotopic (exact) mass is 274 g/mol. The first kappa shape index (κ1) is 11.9. The molecule has 2 aliphatic heterocycles. The van der Waals surface area contributed by atoms with Gasteiger partial charge in [-0.05, 0) is 45.7 Å². The average Bonchev–Trinajstić information content (AvgIpc) is 2.58. The smallest absolute Gasteiger partial charge is 0.0273 e. The summed E-state index contributed by atoms with van der Waals surface area (Å²) in [5.74, 6) is 0.912. The molecule has 2 rings (SSSR count). The topological polar surface area (TPSA) is 6.48 Å². The highest BCUT2D eigenvalue weighted by atomic mass is 79.9. The fraction of sp³-hybridized carbons (Fsp3) is 1.00. The molecule has 2 saturated heterocycles. The Labute approximate surface area is 102 Å². The zero-order valence-electron chi connectivity index (χ0n) is 9.95. The van der Waals surface area contributed by atoms with Crippen LogP contribution in [0, 0.1) is 5.92 Å². The van der Waals surface area contributed by atoms with E-state index in [4.69, 9.17) is 0 Å². The molecule has 0 aliphatic carbocycles. The van der Waals surface area contributed by atoms with Crippen LogP contribution in [0.15, 0.2) is 0 Å². The van der Waals surface area contributed by atoms with Gasteiger partial charge in [-0.2, -0.15) is 0 Å². The first-order valence-electron chi connectivity index (χ1n) is 6.22. The number of hydrogen-bond acceptors (Lipinski definition) is 2. The van der Waals surface area contributed by atoms with Gasteiger partial charge in [0.15, 0.2) is 0 Å². The van der Waals surface area contributed by atoms with E-state index in [0.717, 1.165) is 16.8 Å². The zero-order valence-corrected chi connectivity index (χ0v) is 11.5. The Balaban J connectivity index is 1.82. The van der Waals surface area contributed by atoms with Gasteiger partial charge in [0.05, 0.1) is 0 Å². The van der Waals surface area contributed by atoms with E-state index >= 15 is 0 Å². The largest absolute Gasteiger partial charge is 0.306 e. The molecule has 3 unspecified atom stereocenters. The van der Waals surface area contributed by atoms with E-state index < -0.39 is 0 Å². The summed E-state index contributed by atoms with van der Waals surface area (Å²) in [5, 5.41) is 0. The van der Waals surface area contributed by atoms with Crippen LogP contribution in [0.2, 0.25) is 0 Å². The maximum Gasteiger partial charge on any atom is 0.0273 e. The van der Waals surface area contributed by atoms with E-state index in [9.17, 15) is 0 Å². The van der Waals surface area contributed by atoms with Crippen molar-refractivity contribution in [2.24, 2.45) is 5.92 Å². The Morgan fingerprint density at radius 1 is 1.20 bits per heavy atom. The fourth-order valence-corrected chi connectivity index (χ4v) is 3.53. The maximum absolute atomic E-state index is 3.77. The van der Waals surface area contributed by atoms with Gasteiger partial charge in [-0.15, -0.1) is 0 Å². The standard InChI is InChI=1S/C12H23BrN2/c1-10-3-4-12(13)9-15(10)8-11-5-6-14(2)7-11/h10-12H,3-9H2,1-2H3. The van der Waals surface area contributed by atoms with Crippen molar-refractivity contribution in [3.05, 3.63) is 0 Å². The van der Waals surface area contributed by atoms with E-state index in [2.05, 4.69) is 39.7 Å². The lowest BCUT2D eigenvalue weighted by molar-refractivity contribution is 0.142. The fourth-order valence-electron chi connectivity index (χ4n) is 2.89. The van der Waals surface area contributed by atoms with Crippen LogP contribution in [0.1, 0.15) is 26.2 Å². The zero-order chi connectivity index (χ0) is 10.8. The van der Waals surface area contributed by atoms with Gasteiger partial charge in [-0.25, -0.2) is 0 Å². The van der Waals surface area contributed by atoms with Crippen molar-refractivity contribution in [2.45, 2.75) is 37.1 Å². The molecule has 0 saturated carbocycles. The van der Waals surface area contributed by atoms with Crippen LogP contribution >= 0.6 is 15.9 Å². The minimum atomic E-state index is 0.729. The van der Waals surface area contributed by atoms with Crippen molar-refractivity contribution in [2.75, 3.05) is 33.2 Å². The van der Waals surface area contributed by atoms with Crippen molar-refractivity contribution in [1.82, 2.24) is 9.80 Å². The molecule has 88 valence electrons. The number of likely N-dealkylation sites (tertiary alicyclic amines) is 2. The molecule has 0 spiro atoms. The quantitative estimate of drug-likeness (QED) is 0.713. The summed E-state index contributed by atoms with van der Waals surface area (Å²) in [7, 11) is 2.24. The molecule has 0 bridgehead atoms. The lowest BCUT2D eigenvalue weighted by Gasteiger charge is -2.37. The van der Waals surface area contributed by atoms with Crippen molar-refractivity contribution in [3.8, 4) is 0 Å². The SMILES string of the molecule is CC1CCC(Br)CN1CC1CCN(C)C1. The van der Waals surface area contributed by atoms with Crippen LogP contribution in [-0.4, -0.2) is 53.9 Å². The van der Waals surface area contributed by atoms with Gasteiger partial charge in [-0.3, -0.25) is 4.90 Å². The summed E-state index contributed by atoms with van der Waals surface area (Å²) in [5.41, 5.74) is 0. The van der Waals surface area contributed by atoms with E-state index in [1.54, 1.807) is 0 Å². The summed E-state index contributed by atoms with van der Waals surface area (Å²) < 4.78 is 0. The molecule has 0 N–H and O–H groups in total. The molecule has 0 radical (unpaired) electrons. The first-order chi connectivity index (χ1) is 7.15. The number of rotatable bonds is 2. The predicted octanol–water partition coefficient (Wildman–Crippen LogP) is 2.19. The normalized spacial score (nSPS) is 39.8. The first-order valence-corrected chi connectivity index (χ1v) is 7.13. The van der Waals surface area contributed by atoms with Crippen molar-refractivity contribution >= 4 is 15.9 Å². The molecule has 2 fully saturated rings. The van der Waals surface area contributed by atoms with E-state index in [0.29, 0.717) is 0 Å². The third kappa shape index (κ3) is 3.18. The average molecular weight is 275 g/mol. The van der Waals surface area contributed by atoms with Gasteiger partial charge < -0.3 is 4.90 Å². The third-order valence-electron chi connectivity index (χ3n) is 3.94. The van der Waals surface area contributed by atoms with Gasteiger partial charge in [-0.1, -0.05) is 15.9 Å². The van der Waals surface area contributed by atoms with Gasteiger partial charge in [0.25, 0.3) is 0 Å². The number of nitrogens with zero attached hydrogens (tertiary/aromatic N) is 2. The molecule has 2 nitrogen and oxygen atoms in total. The van der Waals surface area contributed by atoms with Crippen LogP contribution in [-0.2, 0) is 0 Å². The Hall–Kier alpha value is 0.400. The van der Waals surface area contributed by atoms with Gasteiger partial charge in [0.2, 0.25) is 0 Å². The second-order valence-corrected chi connectivity index (χ2v) is 6.69.